The van der Waals surface area contributed by atoms with E-state index in [1.165, 1.54) is 0 Å². The summed E-state index contributed by atoms with van der Waals surface area (Å²) < 4.78 is 10.4. The lowest BCUT2D eigenvalue weighted by Crippen LogP contribution is -2.23. The van der Waals surface area contributed by atoms with E-state index in [2.05, 4.69) is 16.0 Å². The molecule has 144 valence electrons. The molecule has 0 spiro atoms. The van der Waals surface area contributed by atoms with E-state index in [0.29, 0.717) is 29.3 Å². The zero-order valence-electron chi connectivity index (χ0n) is 15.4. The molecule has 28 heavy (non-hydrogen) atoms. The number of hydrogen-bond donors (Lipinski definition) is 3. The Morgan fingerprint density at radius 1 is 1.00 bits per heavy atom. The van der Waals surface area contributed by atoms with Crippen molar-refractivity contribution in [2.75, 3.05) is 24.3 Å². The Kier molecular flexibility index (Phi) is 6.30. The Bertz CT molecular complexity index is 921. The minimum absolute atomic E-state index is 0.0890. The van der Waals surface area contributed by atoms with Crippen LogP contribution in [0.1, 0.15) is 16.1 Å². The van der Waals surface area contributed by atoms with Crippen LogP contribution < -0.4 is 20.7 Å². The highest BCUT2D eigenvalue weighted by Crippen LogP contribution is 2.22. The Hall–Kier alpha value is -3.74. The minimum atomic E-state index is -0.216. The van der Waals surface area contributed by atoms with Crippen molar-refractivity contribution in [1.82, 2.24) is 5.32 Å². The fourth-order valence-corrected chi connectivity index (χ4v) is 2.56. The molecule has 0 aliphatic heterocycles. The second kappa shape index (κ2) is 9.27. The lowest BCUT2D eigenvalue weighted by molar-refractivity contribution is -0.114. The van der Waals surface area contributed by atoms with Crippen LogP contribution in [0.2, 0.25) is 0 Å². The van der Waals surface area contributed by atoms with Gasteiger partial charge in [-0.15, -0.1) is 0 Å². The predicted octanol–water partition coefficient (Wildman–Crippen LogP) is 3.27. The van der Waals surface area contributed by atoms with Crippen LogP contribution >= 0.6 is 0 Å². The third kappa shape index (κ3) is 5.14. The highest BCUT2D eigenvalue weighted by Gasteiger charge is 2.08. The molecule has 1 aromatic heterocycles. The van der Waals surface area contributed by atoms with Crippen LogP contribution in [0, 0.1) is 0 Å². The number of hydrogen-bond acceptors (Lipinski definition) is 5. The number of benzene rings is 2. The summed E-state index contributed by atoms with van der Waals surface area (Å²) in [5, 5.41) is 8.58. The monoisotopic (exact) mass is 379 g/mol. The molecule has 2 aromatic carbocycles. The maximum atomic E-state index is 12.1. The van der Waals surface area contributed by atoms with Crippen LogP contribution in [0.25, 0.3) is 0 Å². The molecule has 0 unspecified atom stereocenters. The van der Waals surface area contributed by atoms with Crippen molar-refractivity contribution < 1.29 is 18.7 Å². The fourth-order valence-electron chi connectivity index (χ4n) is 2.56. The first-order chi connectivity index (χ1) is 13.7. The molecule has 0 radical (unpaired) electrons. The van der Waals surface area contributed by atoms with Gasteiger partial charge in [-0.05, 0) is 48.5 Å². The zero-order valence-corrected chi connectivity index (χ0v) is 15.4. The SMILES string of the molecule is COc1ccccc1NCC(=O)Nc1ccc(C(=O)NCc2ccco2)cc1. The second-order valence-electron chi connectivity index (χ2n) is 5.94. The van der Waals surface area contributed by atoms with Crippen molar-refractivity contribution in [3.05, 3.63) is 78.3 Å². The number of carbonyl (C=O) groups excluding carboxylic acids is 2. The van der Waals surface area contributed by atoms with Crippen LogP contribution in [0.3, 0.4) is 0 Å². The van der Waals surface area contributed by atoms with E-state index in [1.807, 2.05) is 24.3 Å². The lowest BCUT2D eigenvalue weighted by Gasteiger charge is -2.11. The third-order valence-corrected chi connectivity index (χ3v) is 3.98. The average Bonchev–Trinajstić information content (AvgIpc) is 3.25. The number of nitrogens with one attached hydrogen (secondary N) is 3. The number of para-hydroxylation sites is 2. The molecule has 0 atom stereocenters. The summed E-state index contributed by atoms with van der Waals surface area (Å²) in [6, 6.07) is 17.6. The third-order valence-electron chi connectivity index (χ3n) is 3.98. The first kappa shape index (κ1) is 19.0. The number of amides is 2. The first-order valence-electron chi connectivity index (χ1n) is 8.73. The van der Waals surface area contributed by atoms with Gasteiger partial charge in [0.1, 0.15) is 11.5 Å². The van der Waals surface area contributed by atoms with Gasteiger partial charge in [-0.25, -0.2) is 0 Å². The topological polar surface area (TPSA) is 92.6 Å². The van der Waals surface area contributed by atoms with Gasteiger partial charge >= 0.3 is 0 Å². The van der Waals surface area contributed by atoms with E-state index < -0.39 is 0 Å². The van der Waals surface area contributed by atoms with Gasteiger partial charge in [0, 0.05) is 11.3 Å². The maximum absolute atomic E-state index is 12.1. The van der Waals surface area contributed by atoms with Crippen molar-refractivity contribution in [3.63, 3.8) is 0 Å². The van der Waals surface area contributed by atoms with Crippen LogP contribution in [0.15, 0.2) is 71.3 Å². The Morgan fingerprint density at radius 2 is 1.79 bits per heavy atom. The van der Waals surface area contributed by atoms with Crippen molar-refractivity contribution in [1.29, 1.82) is 0 Å². The lowest BCUT2D eigenvalue weighted by atomic mass is 10.2. The summed E-state index contributed by atoms with van der Waals surface area (Å²) in [4.78, 5) is 24.3. The Labute approximate surface area is 162 Å². The molecule has 7 heteroatoms. The molecule has 2 amide bonds. The fraction of sp³-hybridized carbons (Fsp3) is 0.143. The molecule has 3 N–H and O–H groups in total. The van der Waals surface area contributed by atoms with E-state index in [-0.39, 0.29) is 18.4 Å². The maximum Gasteiger partial charge on any atom is 0.251 e. The molecule has 1 heterocycles. The van der Waals surface area contributed by atoms with Crippen molar-refractivity contribution in [2.24, 2.45) is 0 Å². The quantitative estimate of drug-likeness (QED) is 0.559. The van der Waals surface area contributed by atoms with E-state index in [1.54, 1.807) is 49.8 Å². The number of rotatable bonds is 8. The molecule has 3 rings (SSSR count). The highest BCUT2D eigenvalue weighted by atomic mass is 16.5. The smallest absolute Gasteiger partial charge is 0.251 e. The molecule has 3 aromatic rings. The predicted molar refractivity (Wildman–Crippen MR) is 106 cm³/mol. The van der Waals surface area contributed by atoms with Gasteiger partial charge in [0.05, 0.1) is 32.1 Å². The number of anilines is 2. The molecule has 0 fully saturated rings. The minimum Gasteiger partial charge on any atom is -0.495 e. The molecule has 7 nitrogen and oxygen atoms in total. The van der Waals surface area contributed by atoms with Crippen molar-refractivity contribution in [3.8, 4) is 5.75 Å². The van der Waals surface area contributed by atoms with Crippen LogP contribution in [-0.2, 0) is 11.3 Å². The highest BCUT2D eigenvalue weighted by molar-refractivity contribution is 5.96. The molecule has 0 saturated carbocycles. The van der Waals surface area contributed by atoms with E-state index in [9.17, 15) is 9.59 Å². The molecule has 0 saturated heterocycles. The van der Waals surface area contributed by atoms with E-state index >= 15 is 0 Å². The molecule has 0 bridgehead atoms. The summed E-state index contributed by atoms with van der Waals surface area (Å²) in [7, 11) is 1.58. The Morgan fingerprint density at radius 3 is 2.50 bits per heavy atom. The molecule has 0 aliphatic rings. The zero-order chi connectivity index (χ0) is 19.8. The van der Waals surface area contributed by atoms with Crippen LogP contribution in [0.5, 0.6) is 5.75 Å². The van der Waals surface area contributed by atoms with Crippen molar-refractivity contribution in [2.45, 2.75) is 6.54 Å². The molecular formula is C21H21N3O4. The summed E-state index contributed by atoms with van der Waals surface area (Å²) in [6.45, 7) is 0.407. The summed E-state index contributed by atoms with van der Waals surface area (Å²) in [5.74, 6) is 0.924. The summed E-state index contributed by atoms with van der Waals surface area (Å²) in [5.41, 5.74) is 1.84. The molecule has 0 aliphatic carbocycles. The largest absolute Gasteiger partial charge is 0.495 e. The average molecular weight is 379 g/mol. The van der Waals surface area contributed by atoms with Gasteiger partial charge in [0.25, 0.3) is 5.91 Å². The van der Waals surface area contributed by atoms with E-state index in [4.69, 9.17) is 9.15 Å². The summed E-state index contributed by atoms with van der Waals surface area (Å²) in [6.07, 6.45) is 1.56. The van der Waals surface area contributed by atoms with Crippen LogP contribution in [0.4, 0.5) is 11.4 Å². The molecular weight excluding hydrogens is 358 g/mol. The van der Waals surface area contributed by atoms with Gasteiger partial charge in [0.15, 0.2) is 0 Å². The normalized spacial score (nSPS) is 10.2. The number of carbonyl (C=O) groups is 2. The van der Waals surface area contributed by atoms with E-state index in [0.717, 1.165) is 5.69 Å². The number of furan rings is 1. The van der Waals surface area contributed by atoms with Gasteiger partial charge in [0.2, 0.25) is 5.91 Å². The number of methoxy groups -OCH3 is 1. The van der Waals surface area contributed by atoms with Crippen molar-refractivity contribution >= 4 is 23.2 Å². The van der Waals surface area contributed by atoms with Gasteiger partial charge in [-0.1, -0.05) is 12.1 Å². The summed E-state index contributed by atoms with van der Waals surface area (Å²) >= 11 is 0. The second-order valence-corrected chi connectivity index (χ2v) is 5.94. The van der Waals surface area contributed by atoms with Gasteiger partial charge in [-0.3, -0.25) is 9.59 Å². The number of ether oxygens (including phenoxy) is 1. The standard InChI is InChI=1S/C21H21N3O4/c1-27-19-7-3-2-6-18(19)22-14-20(25)24-16-10-8-15(9-11-16)21(26)23-13-17-5-4-12-28-17/h2-12,22H,13-14H2,1H3,(H,23,26)(H,24,25). The van der Waals surface area contributed by atoms with Gasteiger partial charge in [-0.2, -0.15) is 0 Å². The Balaban J connectivity index is 1.49. The van der Waals surface area contributed by atoms with Gasteiger partial charge < -0.3 is 25.1 Å². The first-order valence-corrected chi connectivity index (χ1v) is 8.73. The van der Waals surface area contributed by atoms with Crippen LogP contribution in [-0.4, -0.2) is 25.5 Å².